The number of carbonyl (C=O) groups is 1. The summed E-state index contributed by atoms with van der Waals surface area (Å²) in [5.74, 6) is 0.263. The first kappa shape index (κ1) is 11.9. The Balaban J connectivity index is 2.39. The Bertz CT molecular complexity index is 554. The van der Waals surface area contributed by atoms with Crippen LogP contribution in [0.25, 0.3) is 10.8 Å². The van der Waals surface area contributed by atoms with Crippen molar-refractivity contribution in [2.24, 2.45) is 0 Å². The van der Waals surface area contributed by atoms with E-state index in [2.05, 4.69) is 10.3 Å². The Morgan fingerprint density at radius 3 is 3.06 bits per heavy atom. The van der Waals surface area contributed by atoms with E-state index in [-0.39, 0.29) is 5.91 Å². The van der Waals surface area contributed by atoms with Crippen LogP contribution in [0.4, 0.5) is 5.69 Å². The number of hydrogen-bond acceptors (Lipinski definition) is 2. The Kier molecular flexibility index (Phi) is 3.59. The summed E-state index contributed by atoms with van der Waals surface area (Å²) < 4.78 is 0. The van der Waals surface area contributed by atoms with Crippen LogP contribution in [0.3, 0.4) is 0 Å². The molecule has 1 aromatic heterocycles. The molecule has 1 amide bonds. The predicted molar refractivity (Wildman–Crippen MR) is 70.4 cm³/mol. The second kappa shape index (κ2) is 5.15. The van der Waals surface area contributed by atoms with E-state index in [1.54, 1.807) is 0 Å². The van der Waals surface area contributed by atoms with Crippen molar-refractivity contribution in [1.29, 1.82) is 0 Å². The highest BCUT2D eigenvalue weighted by molar-refractivity contribution is 6.19. The van der Waals surface area contributed by atoms with Crippen LogP contribution in [0.1, 0.15) is 12.1 Å². The van der Waals surface area contributed by atoms with Gasteiger partial charge in [0.1, 0.15) is 0 Å². The van der Waals surface area contributed by atoms with Gasteiger partial charge in [-0.3, -0.25) is 9.78 Å². The third-order valence-corrected chi connectivity index (χ3v) is 2.68. The van der Waals surface area contributed by atoms with E-state index in [9.17, 15) is 4.79 Å². The van der Waals surface area contributed by atoms with E-state index in [4.69, 9.17) is 11.6 Å². The van der Waals surface area contributed by atoms with Crippen LogP contribution in [0.15, 0.2) is 30.5 Å². The fourth-order valence-corrected chi connectivity index (χ4v) is 1.85. The third-order valence-electron chi connectivity index (χ3n) is 2.50. The molecule has 0 saturated heterocycles. The van der Waals surface area contributed by atoms with Crippen molar-refractivity contribution in [2.75, 3.05) is 11.2 Å². The second-order valence-corrected chi connectivity index (χ2v) is 4.22. The number of aryl methyl sites for hydroxylation is 1. The number of anilines is 1. The molecular formula is C13H13ClN2O. The number of hydrogen-bond donors (Lipinski definition) is 1. The van der Waals surface area contributed by atoms with Gasteiger partial charge in [-0.05, 0) is 19.1 Å². The van der Waals surface area contributed by atoms with Gasteiger partial charge in [0.15, 0.2) is 0 Å². The minimum atomic E-state index is -0.0676. The van der Waals surface area contributed by atoms with Gasteiger partial charge < -0.3 is 5.32 Å². The number of carbonyl (C=O) groups excluding carboxylic acids is 1. The summed E-state index contributed by atoms with van der Waals surface area (Å²) in [5.41, 5.74) is 1.74. The number of rotatable bonds is 3. The summed E-state index contributed by atoms with van der Waals surface area (Å²) in [7, 11) is 0. The van der Waals surface area contributed by atoms with Crippen LogP contribution in [-0.2, 0) is 4.79 Å². The van der Waals surface area contributed by atoms with Gasteiger partial charge in [-0.1, -0.05) is 12.1 Å². The Morgan fingerprint density at radius 1 is 1.47 bits per heavy atom. The second-order valence-electron chi connectivity index (χ2n) is 3.84. The Morgan fingerprint density at radius 2 is 2.29 bits per heavy atom. The highest BCUT2D eigenvalue weighted by Gasteiger charge is 2.05. The number of nitrogens with zero attached hydrogens (tertiary/aromatic N) is 1. The van der Waals surface area contributed by atoms with Crippen molar-refractivity contribution in [1.82, 2.24) is 4.98 Å². The molecule has 1 aromatic carbocycles. The molecule has 0 spiro atoms. The zero-order valence-electron chi connectivity index (χ0n) is 9.53. The highest BCUT2D eigenvalue weighted by atomic mass is 35.5. The summed E-state index contributed by atoms with van der Waals surface area (Å²) >= 11 is 5.54. The molecule has 4 heteroatoms. The molecule has 0 saturated carbocycles. The fourth-order valence-electron chi connectivity index (χ4n) is 1.68. The first-order valence-electron chi connectivity index (χ1n) is 5.42. The van der Waals surface area contributed by atoms with E-state index in [0.717, 1.165) is 22.2 Å². The lowest BCUT2D eigenvalue weighted by molar-refractivity contribution is -0.115. The number of alkyl halides is 1. The number of halogens is 1. The van der Waals surface area contributed by atoms with Crippen LogP contribution < -0.4 is 5.32 Å². The average molecular weight is 249 g/mol. The summed E-state index contributed by atoms with van der Waals surface area (Å²) in [5, 5.41) is 4.88. The van der Waals surface area contributed by atoms with Gasteiger partial charge in [-0.2, -0.15) is 0 Å². The smallest absolute Gasteiger partial charge is 0.225 e. The molecule has 0 atom stereocenters. The maximum absolute atomic E-state index is 11.5. The molecule has 17 heavy (non-hydrogen) atoms. The standard InChI is InChI=1S/C13H13ClN2O/c1-9-7-11-10(8-15-9)3-2-4-12(11)16-13(17)5-6-14/h2-4,7-8H,5-6H2,1H3,(H,16,17). The zero-order chi connectivity index (χ0) is 12.3. The molecule has 0 bridgehead atoms. The molecule has 0 radical (unpaired) electrons. The van der Waals surface area contributed by atoms with E-state index in [1.807, 2.05) is 37.4 Å². The molecule has 0 unspecified atom stereocenters. The number of fused-ring (bicyclic) bond motifs is 1. The van der Waals surface area contributed by atoms with Crippen LogP contribution in [0.5, 0.6) is 0 Å². The summed E-state index contributed by atoms with van der Waals surface area (Å²) in [4.78, 5) is 15.8. The van der Waals surface area contributed by atoms with E-state index >= 15 is 0 Å². The molecule has 0 aliphatic rings. The molecule has 3 nitrogen and oxygen atoms in total. The Labute approximate surface area is 105 Å². The maximum Gasteiger partial charge on any atom is 0.225 e. The Hall–Kier alpha value is -1.61. The van der Waals surface area contributed by atoms with Gasteiger partial charge in [0.25, 0.3) is 0 Å². The lowest BCUT2D eigenvalue weighted by Crippen LogP contribution is -2.11. The first-order valence-corrected chi connectivity index (χ1v) is 5.95. The SMILES string of the molecule is Cc1cc2c(NC(=O)CCCl)cccc2cn1. The van der Waals surface area contributed by atoms with Gasteiger partial charge in [0.05, 0.1) is 0 Å². The largest absolute Gasteiger partial charge is 0.325 e. The van der Waals surface area contributed by atoms with Gasteiger partial charge in [0.2, 0.25) is 5.91 Å². The molecule has 88 valence electrons. The minimum absolute atomic E-state index is 0.0676. The van der Waals surface area contributed by atoms with Crippen molar-refractivity contribution in [3.05, 3.63) is 36.2 Å². The van der Waals surface area contributed by atoms with Gasteiger partial charge in [-0.15, -0.1) is 11.6 Å². The first-order chi connectivity index (χ1) is 8.20. The topological polar surface area (TPSA) is 42.0 Å². The van der Waals surface area contributed by atoms with Crippen molar-refractivity contribution in [3.8, 4) is 0 Å². The average Bonchev–Trinajstić information content (AvgIpc) is 2.30. The normalized spacial score (nSPS) is 10.5. The van der Waals surface area contributed by atoms with Crippen LogP contribution in [0, 0.1) is 6.92 Å². The van der Waals surface area contributed by atoms with Crippen LogP contribution in [0.2, 0.25) is 0 Å². The van der Waals surface area contributed by atoms with E-state index < -0.39 is 0 Å². The number of nitrogens with one attached hydrogen (secondary N) is 1. The van der Waals surface area contributed by atoms with Crippen molar-refractivity contribution in [3.63, 3.8) is 0 Å². The molecule has 1 N–H and O–H groups in total. The quantitative estimate of drug-likeness (QED) is 0.848. The molecule has 2 rings (SSSR count). The van der Waals surface area contributed by atoms with Crippen LogP contribution >= 0.6 is 11.6 Å². The molecule has 1 heterocycles. The fraction of sp³-hybridized carbons (Fsp3) is 0.231. The van der Waals surface area contributed by atoms with Crippen LogP contribution in [-0.4, -0.2) is 16.8 Å². The van der Waals surface area contributed by atoms with Crippen molar-refractivity contribution in [2.45, 2.75) is 13.3 Å². The third kappa shape index (κ3) is 2.74. The maximum atomic E-state index is 11.5. The molecule has 2 aromatic rings. The zero-order valence-corrected chi connectivity index (χ0v) is 10.3. The summed E-state index contributed by atoms with van der Waals surface area (Å²) in [6.07, 6.45) is 2.13. The van der Waals surface area contributed by atoms with Crippen molar-refractivity contribution < 1.29 is 4.79 Å². The number of benzene rings is 1. The predicted octanol–water partition coefficient (Wildman–Crippen LogP) is 3.11. The number of amides is 1. The lowest BCUT2D eigenvalue weighted by Gasteiger charge is -2.08. The van der Waals surface area contributed by atoms with Gasteiger partial charge in [0, 0.05) is 40.7 Å². The summed E-state index contributed by atoms with van der Waals surface area (Å²) in [6.45, 7) is 1.93. The number of aromatic nitrogens is 1. The highest BCUT2D eigenvalue weighted by Crippen LogP contribution is 2.23. The lowest BCUT2D eigenvalue weighted by atomic mass is 10.1. The molecule has 0 aliphatic heterocycles. The van der Waals surface area contributed by atoms with E-state index in [0.29, 0.717) is 12.3 Å². The van der Waals surface area contributed by atoms with E-state index in [1.165, 1.54) is 0 Å². The monoisotopic (exact) mass is 248 g/mol. The summed E-state index contributed by atoms with van der Waals surface area (Å²) in [6, 6.07) is 7.72. The molecular weight excluding hydrogens is 236 g/mol. The van der Waals surface area contributed by atoms with Gasteiger partial charge >= 0.3 is 0 Å². The molecule has 0 fully saturated rings. The molecule has 0 aliphatic carbocycles. The minimum Gasteiger partial charge on any atom is -0.325 e. The number of pyridine rings is 1. The van der Waals surface area contributed by atoms with Gasteiger partial charge in [-0.25, -0.2) is 0 Å². The van der Waals surface area contributed by atoms with Crippen molar-refractivity contribution >= 4 is 34.0 Å².